The Balaban J connectivity index is 2.76. The minimum Gasteiger partial charge on any atom is -0.380 e. The van der Waals surface area contributed by atoms with E-state index in [1.165, 1.54) is 0 Å². The lowest BCUT2D eigenvalue weighted by molar-refractivity contribution is 0.0727. The minimum absolute atomic E-state index is 0.0485. The number of rotatable bonds is 6. The second kappa shape index (κ2) is 7.22. The van der Waals surface area contributed by atoms with Gasteiger partial charge in [0.15, 0.2) is 0 Å². The van der Waals surface area contributed by atoms with Crippen LogP contribution in [0.1, 0.15) is 25.3 Å². The summed E-state index contributed by atoms with van der Waals surface area (Å²) in [6.07, 6.45) is 2.67. The van der Waals surface area contributed by atoms with Gasteiger partial charge in [-0.1, -0.05) is 42.6 Å². The summed E-state index contributed by atoms with van der Waals surface area (Å²) in [5.74, 6) is 0. The molecule has 0 aliphatic heterocycles. The third-order valence-corrected chi connectivity index (χ3v) is 3.56. The lowest BCUT2D eigenvalue weighted by Gasteiger charge is -2.23. The van der Waals surface area contributed by atoms with Crippen molar-refractivity contribution >= 4 is 23.2 Å². The number of benzene rings is 1. The molecule has 0 fully saturated rings. The van der Waals surface area contributed by atoms with Gasteiger partial charge < -0.3 is 10.5 Å². The molecule has 0 radical (unpaired) electrons. The van der Waals surface area contributed by atoms with E-state index in [0.717, 1.165) is 18.4 Å². The van der Waals surface area contributed by atoms with E-state index in [9.17, 15) is 0 Å². The molecule has 0 aromatic heterocycles. The van der Waals surface area contributed by atoms with Gasteiger partial charge in [-0.3, -0.25) is 0 Å². The molecule has 1 aromatic rings. The average Bonchev–Trinajstić information content (AvgIpc) is 2.30. The number of methoxy groups -OCH3 is 1. The van der Waals surface area contributed by atoms with Crippen molar-refractivity contribution in [2.45, 2.75) is 38.3 Å². The van der Waals surface area contributed by atoms with Gasteiger partial charge in [0, 0.05) is 23.2 Å². The number of hydrogen-bond acceptors (Lipinski definition) is 2. The lowest BCUT2D eigenvalue weighted by atomic mass is 9.99. The molecular formula is C13H19Cl2NO. The fourth-order valence-electron chi connectivity index (χ4n) is 1.89. The summed E-state index contributed by atoms with van der Waals surface area (Å²) < 4.78 is 5.39. The Hall–Kier alpha value is -0.280. The van der Waals surface area contributed by atoms with Crippen LogP contribution in [-0.2, 0) is 11.2 Å². The van der Waals surface area contributed by atoms with Gasteiger partial charge in [-0.05, 0) is 30.5 Å². The standard InChI is InChI=1S/C13H19Cl2NO/c1-3-5-13(17-2)12(16)8-9-10(14)6-4-7-11(9)15/h4,6-7,12-13H,3,5,8,16H2,1-2H3. The highest BCUT2D eigenvalue weighted by molar-refractivity contribution is 6.35. The van der Waals surface area contributed by atoms with Crippen LogP contribution < -0.4 is 5.73 Å². The third-order valence-electron chi connectivity index (χ3n) is 2.85. The number of halogens is 2. The number of nitrogens with two attached hydrogens (primary N) is 1. The van der Waals surface area contributed by atoms with Crippen molar-refractivity contribution in [3.8, 4) is 0 Å². The van der Waals surface area contributed by atoms with Gasteiger partial charge in [0.2, 0.25) is 0 Å². The lowest BCUT2D eigenvalue weighted by Crippen LogP contribution is -2.38. The van der Waals surface area contributed by atoms with Crippen LogP contribution in [-0.4, -0.2) is 19.3 Å². The summed E-state index contributed by atoms with van der Waals surface area (Å²) in [4.78, 5) is 0. The van der Waals surface area contributed by atoms with Gasteiger partial charge in [-0.15, -0.1) is 0 Å². The van der Waals surface area contributed by atoms with Crippen molar-refractivity contribution < 1.29 is 4.74 Å². The van der Waals surface area contributed by atoms with E-state index in [0.29, 0.717) is 16.5 Å². The molecule has 0 spiro atoms. The molecule has 0 bridgehead atoms. The topological polar surface area (TPSA) is 35.2 Å². The molecule has 2 unspecified atom stereocenters. The third kappa shape index (κ3) is 4.14. The predicted molar refractivity (Wildman–Crippen MR) is 73.8 cm³/mol. The summed E-state index contributed by atoms with van der Waals surface area (Å²) in [6, 6.07) is 5.41. The van der Waals surface area contributed by atoms with Crippen LogP contribution in [0.15, 0.2) is 18.2 Å². The summed E-state index contributed by atoms with van der Waals surface area (Å²) in [6.45, 7) is 2.11. The van der Waals surface area contributed by atoms with E-state index in [4.69, 9.17) is 33.7 Å². The molecule has 4 heteroatoms. The molecule has 0 heterocycles. The van der Waals surface area contributed by atoms with E-state index in [2.05, 4.69) is 6.92 Å². The Kier molecular flexibility index (Phi) is 6.28. The first-order chi connectivity index (χ1) is 8.10. The fourth-order valence-corrected chi connectivity index (χ4v) is 2.44. The van der Waals surface area contributed by atoms with Crippen LogP contribution in [0.25, 0.3) is 0 Å². The fraction of sp³-hybridized carbons (Fsp3) is 0.538. The SMILES string of the molecule is CCCC(OC)C(N)Cc1c(Cl)cccc1Cl. The van der Waals surface area contributed by atoms with Crippen molar-refractivity contribution in [2.24, 2.45) is 5.73 Å². The molecule has 1 aromatic carbocycles. The van der Waals surface area contributed by atoms with Crippen molar-refractivity contribution in [3.63, 3.8) is 0 Å². The van der Waals surface area contributed by atoms with Gasteiger partial charge in [0.1, 0.15) is 0 Å². The molecule has 2 N–H and O–H groups in total. The van der Waals surface area contributed by atoms with Crippen LogP contribution in [0, 0.1) is 0 Å². The number of hydrogen-bond donors (Lipinski definition) is 1. The predicted octanol–water partition coefficient (Wildman–Crippen LogP) is 3.68. The van der Waals surface area contributed by atoms with Crippen LogP contribution in [0.5, 0.6) is 0 Å². The highest BCUT2D eigenvalue weighted by Crippen LogP contribution is 2.26. The summed E-state index contributed by atoms with van der Waals surface area (Å²) in [5, 5.41) is 1.33. The Morgan fingerprint density at radius 2 is 1.88 bits per heavy atom. The van der Waals surface area contributed by atoms with Gasteiger partial charge in [0.25, 0.3) is 0 Å². The molecule has 2 nitrogen and oxygen atoms in total. The van der Waals surface area contributed by atoms with Crippen LogP contribution in [0.3, 0.4) is 0 Å². The zero-order valence-electron chi connectivity index (χ0n) is 10.2. The van der Waals surface area contributed by atoms with E-state index in [1.54, 1.807) is 7.11 Å². The van der Waals surface area contributed by atoms with E-state index in [1.807, 2.05) is 18.2 Å². The van der Waals surface area contributed by atoms with E-state index >= 15 is 0 Å². The average molecular weight is 276 g/mol. The van der Waals surface area contributed by atoms with Gasteiger partial charge >= 0.3 is 0 Å². The zero-order valence-corrected chi connectivity index (χ0v) is 11.8. The van der Waals surface area contributed by atoms with Crippen molar-refractivity contribution in [2.75, 3.05) is 7.11 Å². The van der Waals surface area contributed by atoms with Gasteiger partial charge in [-0.25, -0.2) is 0 Å². The molecule has 2 atom stereocenters. The molecule has 0 aliphatic carbocycles. The Labute approximate surface area is 113 Å². The van der Waals surface area contributed by atoms with E-state index in [-0.39, 0.29) is 12.1 Å². The molecule has 17 heavy (non-hydrogen) atoms. The second-order valence-corrected chi connectivity index (χ2v) is 4.95. The molecule has 0 saturated heterocycles. The zero-order chi connectivity index (χ0) is 12.8. The quantitative estimate of drug-likeness (QED) is 0.860. The maximum atomic E-state index is 6.14. The van der Waals surface area contributed by atoms with Crippen molar-refractivity contribution in [1.82, 2.24) is 0 Å². The monoisotopic (exact) mass is 275 g/mol. The normalized spacial score (nSPS) is 14.6. The van der Waals surface area contributed by atoms with Crippen molar-refractivity contribution in [1.29, 1.82) is 0 Å². The summed E-state index contributed by atoms with van der Waals surface area (Å²) >= 11 is 12.2. The number of ether oxygens (including phenoxy) is 1. The first-order valence-corrected chi connectivity index (χ1v) is 6.57. The first-order valence-electron chi connectivity index (χ1n) is 5.81. The molecule has 0 saturated carbocycles. The molecule has 96 valence electrons. The highest BCUT2D eigenvalue weighted by Gasteiger charge is 2.19. The van der Waals surface area contributed by atoms with Crippen molar-refractivity contribution in [3.05, 3.63) is 33.8 Å². The van der Waals surface area contributed by atoms with Crippen LogP contribution in [0.2, 0.25) is 10.0 Å². The smallest absolute Gasteiger partial charge is 0.0725 e. The Morgan fingerprint density at radius 1 is 1.29 bits per heavy atom. The largest absolute Gasteiger partial charge is 0.380 e. The van der Waals surface area contributed by atoms with Crippen LogP contribution >= 0.6 is 23.2 Å². The Bertz CT molecular complexity index is 337. The van der Waals surface area contributed by atoms with E-state index < -0.39 is 0 Å². The van der Waals surface area contributed by atoms with Gasteiger partial charge in [-0.2, -0.15) is 0 Å². The van der Waals surface area contributed by atoms with Crippen LogP contribution in [0.4, 0.5) is 0 Å². The Morgan fingerprint density at radius 3 is 2.35 bits per heavy atom. The molecular weight excluding hydrogens is 257 g/mol. The molecule has 0 aliphatic rings. The minimum atomic E-state index is -0.0858. The maximum Gasteiger partial charge on any atom is 0.0725 e. The molecule has 0 amide bonds. The second-order valence-electron chi connectivity index (χ2n) is 4.13. The first kappa shape index (κ1) is 14.8. The van der Waals surface area contributed by atoms with Gasteiger partial charge in [0.05, 0.1) is 6.10 Å². The maximum absolute atomic E-state index is 6.14. The molecule has 1 rings (SSSR count). The summed E-state index contributed by atoms with van der Waals surface area (Å²) in [7, 11) is 1.69. The highest BCUT2D eigenvalue weighted by atomic mass is 35.5. The summed E-state index contributed by atoms with van der Waals surface area (Å²) in [5.41, 5.74) is 7.05.